The van der Waals surface area contributed by atoms with E-state index in [4.69, 9.17) is 9.40 Å². The van der Waals surface area contributed by atoms with Gasteiger partial charge in [0.2, 0.25) is 0 Å². The lowest BCUT2D eigenvalue weighted by Gasteiger charge is -2.18. The fourth-order valence-corrected chi connectivity index (χ4v) is 10.6. The van der Waals surface area contributed by atoms with E-state index in [0.717, 1.165) is 139 Å². The van der Waals surface area contributed by atoms with Gasteiger partial charge in [-0.2, -0.15) is 0 Å². The zero-order valence-corrected chi connectivity index (χ0v) is 41.2. The number of aromatic nitrogens is 5. The van der Waals surface area contributed by atoms with E-state index in [2.05, 4.69) is 226 Å². The Morgan fingerprint density at radius 1 is 0.324 bits per heavy atom. The van der Waals surface area contributed by atoms with Gasteiger partial charge < -0.3 is 13.6 Å². The molecule has 0 saturated heterocycles. The maximum absolute atomic E-state index is 6.29. The first kappa shape index (κ1) is 44.3. The normalized spacial score (nSPS) is 11.4. The molecule has 0 amide bonds. The van der Waals surface area contributed by atoms with Crippen molar-refractivity contribution in [2.45, 2.75) is 6.92 Å². The molecule has 4 heterocycles. The van der Waals surface area contributed by atoms with E-state index < -0.39 is 0 Å². The number of nitrogens with zero attached hydrogens (tertiary/aromatic N) is 5. The van der Waals surface area contributed by atoms with Crippen LogP contribution in [0.3, 0.4) is 0 Å². The first-order chi connectivity index (χ1) is 36.4. The van der Waals surface area contributed by atoms with Crippen LogP contribution in [0, 0.1) is 6.92 Å². The van der Waals surface area contributed by atoms with Gasteiger partial charge in [0, 0.05) is 72.5 Å². The van der Waals surface area contributed by atoms with Crippen molar-refractivity contribution in [3.63, 3.8) is 0 Å². The average molecular weight is 952 g/mol. The quantitative estimate of drug-likeness (QED) is 0.137. The van der Waals surface area contributed by atoms with E-state index >= 15 is 0 Å². The van der Waals surface area contributed by atoms with Crippen LogP contribution in [0.25, 0.3) is 134 Å². The highest BCUT2D eigenvalue weighted by Gasteiger charge is 2.18. The molecule has 6 nitrogen and oxygen atoms in total. The number of benzene rings is 9. The van der Waals surface area contributed by atoms with Gasteiger partial charge in [0.1, 0.15) is 22.8 Å². The van der Waals surface area contributed by atoms with Crippen LogP contribution < -0.4 is 0 Å². The van der Waals surface area contributed by atoms with Crippen molar-refractivity contribution in [1.82, 2.24) is 24.1 Å². The Labute approximate surface area is 430 Å². The van der Waals surface area contributed by atoms with Gasteiger partial charge >= 0.3 is 0 Å². The molecule has 0 bridgehead atoms. The Bertz CT molecular complexity index is 4070. The molecular weight excluding hydrogens is 903 g/mol. The molecular formula is C68H49N5O. The minimum atomic E-state index is 0.883. The van der Waals surface area contributed by atoms with Gasteiger partial charge in [-0.15, -0.1) is 0 Å². The third kappa shape index (κ3) is 8.09. The Balaban J connectivity index is 0.901. The molecule has 74 heavy (non-hydrogen) atoms. The lowest BCUT2D eigenvalue weighted by atomic mass is 9.86. The van der Waals surface area contributed by atoms with Crippen molar-refractivity contribution in [1.29, 1.82) is 0 Å². The van der Waals surface area contributed by atoms with E-state index in [9.17, 15) is 0 Å². The predicted molar refractivity (Wildman–Crippen MR) is 304 cm³/mol. The summed E-state index contributed by atoms with van der Waals surface area (Å²) in [6.45, 7) is 2.12. The fourth-order valence-electron chi connectivity index (χ4n) is 10.6. The molecule has 9 aromatic carbocycles. The molecule has 0 unspecified atom stereocenters. The lowest BCUT2D eigenvalue weighted by molar-refractivity contribution is 0.669. The molecule has 0 aliphatic rings. The Morgan fingerprint density at radius 2 is 0.716 bits per heavy atom. The number of imidazole rings is 2. The minimum Gasteiger partial charge on any atom is -0.456 e. The largest absolute Gasteiger partial charge is 0.456 e. The number of hydrogen-bond acceptors (Lipinski definition) is 4. The van der Waals surface area contributed by atoms with Crippen LogP contribution >= 0.6 is 0 Å². The van der Waals surface area contributed by atoms with E-state index in [1.807, 2.05) is 57.2 Å². The molecule has 0 aliphatic carbocycles. The predicted octanol–water partition coefficient (Wildman–Crippen LogP) is 17.4. The maximum atomic E-state index is 6.29. The third-order valence-corrected chi connectivity index (χ3v) is 14.5. The second-order valence-corrected chi connectivity index (χ2v) is 19.1. The van der Waals surface area contributed by atoms with Gasteiger partial charge in [-0.05, 0) is 133 Å². The second-order valence-electron chi connectivity index (χ2n) is 19.1. The summed E-state index contributed by atoms with van der Waals surface area (Å²) in [6.07, 6.45) is 9.63. The van der Waals surface area contributed by atoms with Gasteiger partial charge in [0.25, 0.3) is 0 Å². The standard InChI is InChI=1S/C68H49N5O/c1-44-43-71-64(42-63(44)51-32-33-62-61-18-10-11-19-65(61)74-66(62)41-51)48-26-20-45(21-27-48)55-12-4-7-15-58(55)52-38-53(59-16-8-5-13-56(59)46-22-28-49(29-23-46)67-69-34-36-72(67)2)40-54(39-52)60-17-9-6-14-57(60)47-24-30-50(31-25-47)68-70-35-37-73(68)3/h4-43H,1-3H3. The summed E-state index contributed by atoms with van der Waals surface area (Å²) in [4.78, 5) is 14.2. The monoisotopic (exact) mass is 951 g/mol. The summed E-state index contributed by atoms with van der Waals surface area (Å²) in [7, 11) is 4.06. The van der Waals surface area contributed by atoms with Crippen molar-refractivity contribution in [3.05, 3.63) is 249 Å². The van der Waals surface area contributed by atoms with Crippen molar-refractivity contribution >= 4 is 21.9 Å². The van der Waals surface area contributed by atoms with E-state index in [0.29, 0.717) is 0 Å². The van der Waals surface area contributed by atoms with Crippen LogP contribution in [0.5, 0.6) is 0 Å². The first-order valence-corrected chi connectivity index (χ1v) is 25.0. The SMILES string of the molecule is Cc1cnc(-c2ccc(-c3ccccc3-c3cc(-c4ccccc4-c4ccc(-c5nccn5C)cc4)cc(-c4ccccc4-c4ccc(-c5nccn5C)cc4)c3)cc2)cc1-c1ccc2c(c1)oc1ccccc12. The molecule has 0 aliphatic heterocycles. The second kappa shape index (κ2) is 18.5. The van der Waals surface area contributed by atoms with Gasteiger partial charge in [-0.1, -0.05) is 170 Å². The molecule has 6 heteroatoms. The highest BCUT2D eigenvalue weighted by Crippen LogP contribution is 2.43. The van der Waals surface area contributed by atoms with E-state index in [1.54, 1.807) is 0 Å². The highest BCUT2D eigenvalue weighted by atomic mass is 16.3. The third-order valence-electron chi connectivity index (χ3n) is 14.5. The molecule has 352 valence electrons. The number of aryl methyl sites for hydroxylation is 3. The molecule has 4 aromatic heterocycles. The van der Waals surface area contributed by atoms with Gasteiger partial charge in [0.05, 0.1) is 5.69 Å². The lowest BCUT2D eigenvalue weighted by Crippen LogP contribution is -1.93. The summed E-state index contributed by atoms with van der Waals surface area (Å²) in [5.74, 6) is 1.88. The van der Waals surface area contributed by atoms with Gasteiger partial charge in [-0.3, -0.25) is 4.98 Å². The molecule has 0 spiro atoms. The molecule has 0 saturated carbocycles. The van der Waals surface area contributed by atoms with Crippen molar-refractivity contribution in [2.24, 2.45) is 14.1 Å². The van der Waals surface area contributed by atoms with Crippen molar-refractivity contribution in [2.75, 3.05) is 0 Å². The smallest absolute Gasteiger partial charge is 0.139 e. The topological polar surface area (TPSA) is 61.7 Å². The molecule has 13 rings (SSSR count). The number of fused-ring (bicyclic) bond motifs is 3. The first-order valence-electron chi connectivity index (χ1n) is 25.0. The zero-order valence-electron chi connectivity index (χ0n) is 41.2. The Morgan fingerprint density at radius 3 is 1.18 bits per heavy atom. The molecule has 0 radical (unpaired) electrons. The highest BCUT2D eigenvalue weighted by molar-refractivity contribution is 6.06. The number of rotatable bonds is 10. The summed E-state index contributed by atoms with van der Waals surface area (Å²) >= 11 is 0. The summed E-state index contributed by atoms with van der Waals surface area (Å²) < 4.78 is 10.4. The minimum absolute atomic E-state index is 0.883. The zero-order chi connectivity index (χ0) is 49.7. The van der Waals surface area contributed by atoms with Gasteiger partial charge in [0.15, 0.2) is 0 Å². The maximum Gasteiger partial charge on any atom is 0.139 e. The van der Waals surface area contributed by atoms with Crippen LogP contribution in [0.2, 0.25) is 0 Å². The number of furan rings is 1. The molecule has 0 N–H and O–H groups in total. The molecule has 0 fully saturated rings. The summed E-state index contributed by atoms with van der Waals surface area (Å²) in [5, 5.41) is 2.25. The summed E-state index contributed by atoms with van der Waals surface area (Å²) in [5.41, 5.74) is 23.0. The molecule has 0 atom stereocenters. The number of hydrogen-bond donors (Lipinski definition) is 0. The van der Waals surface area contributed by atoms with Crippen LogP contribution in [0.4, 0.5) is 0 Å². The van der Waals surface area contributed by atoms with Crippen LogP contribution in [0.1, 0.15) is 5.56 Å². The average Bonchev–Trinajstić information content (AvgIpc) is 4.21. The number of pyridine rings is 1. The van der Waals surface area contributed by atoms with Crippen LogP contribution in [-0.4, -0.2) is 24.1 Å². The Hall–Kier alpha value is -9.65. The molecule has 13 aromatic rings. The number of para-hydroxylation sites is 1. The van der Waals surface area contributed by atoms with E-state index in [-0.39, 0.29) is 0 Å². The van der Waals surface area contributed by atoms with Crippen molar-refractivity contribution in [3.8, 4) is 112 Å². The van der Waals surface area contributed by atoms with E-state index in [1.165, 1.54) is 0 Å². The van der Waals surface area contributed by atoms with Gasteiger partial charge in [-0.25, -0.2) is 9.97 Å². The van der Waals surface area contributed by atoms with Crippen molar-refractivity contribution < 1.29 is 4.42 Å². The Kier molecular flexibility index (Phi) is 11.1. The fraction of sp³-hybridized carbons (Fsp3) is 0.0441. The summed E-state index contributed by atoms with van der Waals surface area (Å²) in [6, 6.07) is 76.7. The van der Waals surface area contributed by atoms with Crippen LogP contribution in [0.15, 0.2) is 248 Å². The van der Waals surface area contributed by atoms with Crippen LogP contribution in [-0.2, 0) is 14.1 Å².